The van der Waals surface area contributed by atoms with E-state index in [1.807, 2.05) is 25.1 Å². The molecule has 0 bridgehead atoms. The minimum absolute atomic E-state index is 0.205. The normalized spacial score (nSPS) is 10.2. The minimum Gasteiger partial charge on any atom is -0.493 e. The standard InChI is InChI=1S/C20H23ClN2O4/c1-3-12-27-17-10-8-15(13-18(17)26-2)20(25)23-22-19(24)11-9-14-6-4-5-7-16(14)21/h4-8,10,13H,3,9,11-12H2,1-2H3,(H,22,24)(H,23,25). The SMILES string of the molecule is CCCOc1ccc(C(=O)NNC(=O)CCc2ccccc2Cl)cc1OC. The van der Waals surface area contributed by atoms with Gasteiger partial charge in [-0.25, -0.2) is 0 Å². The molecule has 0 spiro atoms. The van der Waals surface area contributed by atoms with E-state index in [0.29, 0.717) is 35.1 Å². The molecule has 27 heavy (non-hydrogen) atoms. The minimum atomic E-state index is -0.443. The molecule has 2 amide bonds. The maximum Gasteiger partial charge on any atom is 0.269 e. The van der Waals surface area contributed by atoms with Crippen LogP contribution in [0, 0.1) is 0 Å². The second-order valence-corrected chi connectivity index (χ2v) is 6.22. The molecule has 6 nitrogen and oxygen atoms in total. The number of carbonyl (C=O) groups excluding carboxylic acids is 2. The van der Waals surface area contributed by atoms with Crippen molar-refractivity contribution in [3.8, 4) is 11.5 Å². The van der Waals surface area contributed by atoms with Crippen molar-refractivity contribution in [2.24, 2.45) is 0 Å². The van der Waals surface area contributed by atoms with Crippen LogP contribution in [0.5, 0.6) is 11.5 Å². The van der Waals surface area contributed by atoms with Crippen LogP contribution in [-0.2, 0) is 11.2 Å². The summed E-state index contributed by atoms with van der Waals surface area (Å²) in [5.74, 6) is 0.278. The van der Waals surface area contributed by atoms with E-state index in [4.69, 9.17) is 21.1 Å². The van der Waals surface area contributed by atoms with Gasteiger partial charge in [0.05, 0.1) is 13.7 Å². The third-order valence-electron chi connectivity index (χ3n) is 3.78. The second-order valence-electron chi connectivity index (χ2n) is 5.81. The van der Waals surface area contributed by atoms with Gasteiger partial charge in [-0.3, -0.25) is 20.4 Å². The van der Waals surface area contributed by atoms with Gasteiger partial charge in [-0.1, -0.05) is 36.7 Å². The lowest BCUT2D eigenvalue weighted by atomic mass is 10.1. The average molecular weight is 391 g/mol. The molecule has 0 radical (unpaired) electrons. The molecule has 144 valence electrons. The first-order chi connectivity index (χ1) is 13.0. The van der Waals surface area contributed by atoms with Crippen LogP contribution in [0.4, 0.5) is 0 Å². The number of hydrogen-bond acceptors (Lipinski definition) is 4. The van der Waals surface area contributed by atoms with Crippen LogP contribution >= 0.6 is 11.6 Å². The maximum absolute atomic E-state index is 12.2. The van der Waals surface area contributed by atoms with Crippen LogP contribution in [0.3, 0.4) is 0 Å². The van der Waals surface area contributed by atoms with Gasteiger partial charge in [-0.15, -0.1) is 0 Å². The molecule has 2 rings (SSSR count). The third kappa shape index (κ3) is 6.18. The molecule has 2 N–H and O–H groups in total. The largest absolute Gasteiger partial charge is 0.493 e. The predicted molar refractivity (Wildman–Crippen MR) is 104 cm³/mol. The summed E-state index contributed by atoms with van der Waals surface area (Å²) in [4.78, 5) is 24.2. The molecule has 2 aromatic carbocycles. The van der Waals surface area contributed by atoms with Crippen LogP contribution in [-0.4, -0.2) is 25.5 Å². The van der Waals surface area contributed by atoms with E-state index in [2.05, 4.69) is 10.9 Å². The third-order valence-corrected chi connectivity index (χ3v) is 4.15. The summed E-state index contributed by atoms with van der Waals surface area (Å²) < 4.78 is 10.8. The van der Waals surface area contributed by atoms with Gasteiger partial charge in [0.15, 0.2) is 11.5 Å². The highest BCUT2D eigenvalue weighted by Crippen LogP contribution is 2.28. The summed E-state index contributed by atoms with van der Waals surface area (Å²) in [6, 6.07) is 12.2. The van der Waals surface area contributed by atoms with E-state index in [0.717, 1.165) is 12.0 Å². The van der Waals surface area contributed by atoms with E-state index in [-0.39, 0.29) is 12.3 Å². The summed E-state index contributed by atoms with van der Waals surface area (Å²) in [7, 11) is 1.51. The van der Waals surface area contributed by atoms with E-state index in [1.165, 1.54) is 7.11 Å². The number of aryl methyl sites for hydroxylation is 1. The molecular formula is C20H23ClN2O4. The molecule has 0 fully saturated rings. The Morgan fingerprint density at radius 3 is 2.56 bits per heavy atom. The lowest BCUT2D eigenvalue weighted by Crippen LogP contribution is -2.41. The zero-order chi connectivity index (χ0) is 19.6. The summed E-state index contributed by atoms with van der Waals surface area (Å²) in [5, 5.41) is 0.617. The first kappa shape index (κ1) is 20.6. The summed E-state index contributed by atoms with van der Waals surface area (Å²) in [6.45, 7) is 2.56. The topological polar surface area (TPSA) is 76.7 Å². The van der Waals surface area contributed by atoms with Gasteiger partial charge < -0.3 is 9.47 Å². The fourth-order valence-corrected chi connectivity index (χ4v) is 2.58. The summed E-state index contributed by atoms with van der Waals surface area (Å²) in [5.41, 5.74) is 6.03. The van der Waals surface area contributed by atoms with Crippen LogP contribution in [0.25, 0.3) is 0 Å². The van der Waals surface area contributed by atoms with E-state index < -0.39 is 5.91 Å². The van der Waals surface area contributed by atoms with Crippen LogP contribution < -0.4 is 20.3 Å². The van der Waals surface area contributed by atoms with Crippen molar-refractivity contribution in [3.05, 3.63) is 58.6 Å². The van der Waals surface area contributed by atoms with Gasteiger partial charge >= 0.3 is 0 Å². The van der Waals surface area contributed by atoms with Gasteiger partial charge in [-0.2, -0.15) is 0 Å². The number of ether oxygens (including phenoxy) is 2. The quantitative estimate of drug-likeness (QED) is 0.676. The molecular weight excluding hydrogens is 368 g/mol. The van der Waals surface area contributed by atoms with Crippen LogP contribution in [0.1, 0.15) is 35.7 Å². The van der Waals surface area contributed by atoms with Gasteiger partial charge in [0.1, 0.15) is 0 Å². The number of methoxy groups -OCH3 is 1. The first-order valence-corrected chi connectivity index (χ1v) is 9.06. The lowest BCUT2D eigenvalue weighted by molar-refractivity contribution is -0.121. The predicted octanol–water partition coefficient (Wildman–Crippen LogP) is 3.53. The van der Waals surface area contributed by atoms with Gasteiger partial charge in [0, 0.05) is 17.0 Å². The molecule has 0 saturated carbocycles. The molecule has 0 saturated heterocycles. The smallest absolute Gasteiger partial charge is 0.269 e. The molecule has 0 aliphatic rings. The average Bonchev–Trinajstić information content (AvgIpc) is 2.69. The van der Waals surface area contributed by atoms with Crippen LogP contribution in [0.2, 0.25) is 5.02 Å². The van der Waals surface area contributed by atoms with Crippen LogP contribution in [0.15, 0.2) is 42.5 Å². The number of benzene rings is 2. The molecule has 0 atom stereocenters. The van der Waals surface area contributed by atoms with Crippen molar-refractivity contribution < 1.29 is 19.1 Å². The number of amides is 2. The zero-order valence-corrected chi connectivity index (χ0v) is 16.1. The van der Waals surface area contributed by atoms with Gasteiger partial charge in [-0.05, 0) is 42.7 Å². The zero-order valence-electron chi connectivity index (χ0n) is 15.4. The Morgan fingerprint density at radius 2 is 1.85 bits per heavy atom. The van der Waals surface area contributed by atoms with E-state index >= 15 is 0 Å². The molecule has 0 heterocycles. The van der Waals surface area contributed by atoms with Crippen molar-refractivity contribution in [1.82, 2.24) is 10.9 Å². The highest BCUT2D eigenvalue weighted by atomic mass is 35.5. The number of nitrogens with one attached hydrogen (secondary N) is 2. The molecule has 7 heteroatoms. The number of hydrazine groups is 1. The summed E-state index contributed by atoms with van der Waals surface area (Å²) in [6.07, 6.45) is 1.56. The Labute approximate surface area is 163 Å². The van der Waals surface area contributed by atoms with E-state index in [9.17, 15) is 9.59 Å². The number of halogens is 1. The van der Waals surface area contributed by atoms with Crippen molar-refractivity contribution in [3.63, 3.8) is 0 Å². The number of rotatable bonds is 8. The molecule has 0 aromatic heterocycles. The number of hydrogen-bond donors (Lipinski definition) is 2. The highest BCUT2D eigenvalue weighted by Gasteiger charge is 2.12. The molecule has 0 unspecified atom stereocenters. The molecule has 2 aromatic rings. The monoisotopic (exact) mass is 390 g/mol. The Bertz CT molecular complexity index is 795. The first-order valence-electron chi connectivity index (χ1n) is 8.68. The second kappa shape index (κ2) is 10.4. The molecule has 0 aliphatic carbocycles. The Balaban J connectivity index is 1.87. The van der Waals surface area contributed by atoms with Crippen molar-refractivity contribution in [2.45, 2.75) is 26.2 Å². The Morgan fingerprint density at radius 1 is 1.07 bits per heavy atom. The fourth-order valence-electron chi connectivity index (χ4n) is 2.35. The summed E-state index contributed by atoms with van der Waals surface area (Å²) >= 11 is 6.06. The maximum atomic E-state index is 12.2. The molecule has 0 aliphatic heterocycles. The van der Waals surface area contributed by atoms with Crippen molar-refractivity contribution in [1.29, 1.82) is 0 Å². The van der Waals surface area contributed by atoms with Crippen molar-refractivity contribution in [2.75, 3.05) is 13.7 Å². The van der Waals surface area contributed by atoms with Gasteiger partial charge in [0.2, 0.25) is 5.91 Å². The fraction of sp³-hybridized carbons (Fsp3) is 0.300. The van der Waals surface area contributed by atoms with Crippen molar-refractivity contribution >= 4 is 23.4 Å². The highest BCUT2D eigenvalue weighted by molar-refractivity contribution is 6.31. The number of carbonyl (C=O) groups is 2. The Kier molecular flexibility index (Phi) is 7.95. The lowest BCUT2D eigenvalue weighted by Gasteiger charge is -2.12. The van der Waals surface area contributed by atoms with Gasteiger partial charge in [0.25, 0.3) is 5.91 Å². The van der Waals surface area contributed by atoms with E-state index in [1.54, 1.807) is 24.3 Å². The Hall–Kier alpha value is -2.73.